The van der Waals surface area contributed by atoms with Gasteiger partial charge in [0.15, 0.2) is 0 Å². The Kier molecular flexibility index (Phi) is 2.74. The number of hydrogen-bond donors (Lipinski definition) is 1. The van der Waals surface area contributed by atoms with Gasteiger partial charge in [0.2, 0.25) is 0 Å². The average Bonchev–Trinajstić information content (AvgIpc) is 2.31. The highest BCUT2D eigenvalue weighted by atomic mass is 15.1. The van der Waals surface area contributed by atoms with Crippen LogP contribution in [0.1, 0.15) is 11.3 Å². The third-order valence-electron chi connectivity index (χ3n) is 2.37. The summed E-state index contributed by atoms with van der Waals surface area (Å²) < 4.78 is 0. The van der Waals surface area contributed by atoms with E-state index >= 15 is 0 Å². The lowest BCUT2D eigenvalue weighted by molar-refractivity contribution is 0.924. The normalized spacial score (nSPS) is 10.3. The van der Waals surface area contributed by atoms with Crippen molar-refractivity contribution in [3.8, 4) is 11.3 Å². The Morgan fingerprint density at radius 3 is 2.53 bits per heavy atom. The summed E-state index contributed by atoms with van der Waals surface area (Å²) in [5.41, 5.74) is 9.52. The number of hydrogen-bond acceptors (Lipinski definition) is 3. The number of aryl methyl sites for hydroxylation is 1. The molecule has 76 valence electrons. The summed E-state index contributed by atoms with van der Waals surface area (Å²) in [6.07, 6.45) is 0. The fraction of sp³-hybridized carbons (Fsp3) is 0.167. The number of nitrogens with zero attached hydrogens (tertiary/aromatic N) is 2. The van der Waals surface area contributed by atoms with Gasteiger partial charge in [-0.05, 0) is 18.6 Å². The lowest BCUT2D eigenvalue weighted by Gasteiger charge is -2.04. The van der Waals surface area contributed by atoms with E-state index in [1.165, 1.54) is 0 Å². The zero-order valence-electron chi connectivity index (χ0n) is 8.64. The molecule has 0 saturated carbocycles. The molecule has 0 spiro atoms. The highest BCUT2D eigenvalue weighted by molar-refractivity contribution is 5.59. The Balaban J connectivity index is 2.46. The molecule has 0 unspecified atom stereocenters. The Morgan fingerprint density at radius 1 is 1.13 bits per heavy atom. The number of nitrogens with two attached hydrogens (primary N) is 1. The van der Waals surface area contributed by atoms with E-state index < -0.39 is 0 Å². The van der Waals surface area contributed by atoms with Gasteiger partial charge in [-0.2, -0.15) is 10.2 Å². The van der Waals surface area contributed by atoms with Crippen LogP contribution in [0.5, 0.6) is 0 Å². The van der Waals surface area contributed by atoms with E-state index in [0.29, 0.717) is 6.54 Å². The predicted octanol–water partition coefficient (Wildman–Crippen LogP) is 1.91. The van der Waals surface area contributed by atoms with Crippen molar-refractivity contribution in [1.82, 2.24) is 10.2 Å². The van der Waals surface area contributed by atoms with Crippen molar-refractivity contribution < 1.29 is 0 Å². The van der Waals surface area contributed by atoms with Gasteiger partial charge in [-0.1, -0.05) is 30.3 Å². The largest absolute Gasteiger partial charge is 0.326 e. The SMILES string of the molecule is Cc1nnc(-c2ccccc2)cc1CN. The Labute approximate surface area is 89.0 Å². The molecule has 0 radical (unpaired) electrons. The third-order valence-corrected chi connectivity index (χ3v) is 2.37. The van der Waals surface area contributed by atoms with Crippen LogP contribution in [0.2, 0.25) is 0 Å². The van der Waals surface area contributed by atoms with Gasteiger partial charge in [0, 0.05) is 12.1 Å². The molecule has 1 aromatic heterocycles. The smallest absolute Gasteiger partial charge is 0.0933 e. The van der Waals surface area contributed by atoms with Crippen molar-refractivity contribution in [2.45, 2.75) is 13.5 Å². The first-order valence-corrected chi connectivity index (χ1v) is 4.90. The maximum atomic E-state index is 5.63. The average molecular weight is 199 g/mol. The fourth-order valence-corrected chi connectivity index (χ4v) is 1.45. The van der Waals surface area contributed by atoms with Crippen molar-refractivity contribution >= 4 is 0 Å². The van der Waals surface area contributed by atoms with E-state index in [0.717, 1.165) is 22.5 Å². The molecule has 0 amide bonds. The summed E-state index contributed by atoms with van der Waals surface area (Å²) in [5.74, 6) is 0. The summed E-state index contributed by atoms with van der Waals surface area (Å²) >= 11 is 0. The molecule has 0 fully saturated rings. The molecule has 3 nitrogen and oxygen atoms in total. The predicted molar refractivity (Wildman–Crippen MR) is 60.1 cm³/mol. The fourth-order valence-electron chi connectivity index (χ4n) is 1.45. The standard InChI is InChI=1S/C12H13N3/c1-9-11(8-13)7-12(15-14-9)10-5-3-2-4-6-10/h2-7H,8,13H2,1H3. The number of benzene rings is 1. The van der Waals surface area contributed by atoms with Gasteiger partial charge >= 0.3 is 0 Å². The second-order valence-corrected chi connectivity index (χ2v) is 3.41. The van der Waals surface area contributed by atoms with Gasteiger partial charge in [0.1, 0.15) is 0 Å². The van der Waals surface area contributed by atoms with Crippen molar-refractivity contribution in [3.05, 3.63) is 47.7 Å². The minimum absolute atomic E-state index is 0.501. The molecular weight excluding hydrogens is 186 g/mol. The molecule has 0 saturated heterocycles. The van der Waals surface area contributed by atoms with Crippen molar-refractivity contribution in [3.63, 3.8) is 0 Å². The molecule has 0 aliphatic heterocycles. The summed E-state index contributed by atoms with van der Waals surface area (Å²) in [4.78, 5) is 0. The highest BCUT2D eigenvalue weighted by Gasteiger charge is 2.03. The van der Waals surface area contributed by atoms with Crippen LogP contribution in [0.4, 0.5) is 0 Å². The second kappa shape index (κ2) is 4.19. The molecule has 2 N–H and O–H groups in total. The molecule has 0 atom stereocenters. The molecule has 0 aliphatic rings. The first-order valence-electron chi connectivity index (χ1n) is 4.90. The Morgan fingerprint density at radius 2 is 1.87 bits per heavy atom. The summed E-state index contributed by atoms with van der Waals surface area (Å²) in [6, 6.07) is 12.0. The van der Waals surface area contributed by atoms with Crippen LogP contribution in [0, 0.1) is 6.92 Å². The van der Waals surface area contributed by atoms with Gasteiger partial charge in [0.05, 0.1) is 11.4 Å². The molecule has 0 aliphatic carbocycles. The molecule has 2 aromatic rings. The van der Waals surface area contributed by atoms with Gasteiger partial charge in [-0.3, -0.25) is 0 Å². The van der Waals surface area contributed by atoms with Crippen LogP contribution in [0.15, 0.2) is 36.4 Å². The summed E-state index contributed by atoms with van der Waals surface area (Å²) in [6.45, 7) is 2.42. The first-order chi connectivity index (χ1) is 7.31. The lowest BCUT2D eigenvalue weighted by Crippen LogP contribution is -2.03. The van der Waals surface area contributed by atoms with Gasteiger partial charge in [-0.15, -0.1) is 0 Å². The summed E-state index contributed by atoms with van der Waals surface area (Å²) in [5, 5.41) is 8.25. The first kappa shape index (κ1) is 9.80. The van der Waals surface area contributed by atoms with E-state index in [2.05, 4.69) is 10.2 Å². The van der Waals surface area contributed by atoms with Crippen LogP contribution in [0.3, 0.4) is 0 Å². The Hall–Kier alpha value is -1.74. The minimum atomic E-state index is 0.501. The monoisotopic (exact) mass is 199 g/mol. The molecule has 15 heavy (non-hydrogen) atoms. The van der Waals surface area contributed by atoms with Crippen LogP contribution in [0.25, 0.3) is 11.3 Å². The maximum Gasteiger partial charge on any atom is 0.0933 e. The molecular formula is C12H13N3. The third kappa shape index (κ3) is 2.02. The van der Waals surface area contributed by atoms with Crippen molar-refractivity contribution in [2.75, 3.05) is 0 Å². The minimum Gasteiger partial charge on any atom is -0.326 e. The molecule has 2 rings (SSSR count). The van der Waals surface area contributed by atoms with Crippen LogP contribution >= 0.6 is 0 Å². The molecule has 1 aromatic carbocycles. The van der Waals surface area contributed by atoms with E-state index in [9.17, 15) is 0 Å². The highest BCUT2D eigenvalue weighted by Crippen LogP contribution is 2.17. The van der Waals surface area contributed by atoms with Gasteiger partial charge < -0.3 is 5.73 Å². The van der Waals surface area contributed by atoms with Crippen molar-refractivity contribution in [1.29, 1.82) is 0 Å². The van der Waals surface area contributed by atoms with E-state index in [-0.39, 0.29) is 0 Å². The van der Waals surface area contributed by atoms with E-state index in [4.69, 9.17) is 5.73 Å². The van der Waals surface area contributed by atoms with Gasteiger partial charge in [-0.25, -0.2) is 0 Å². The van der Waals surface area contributed by atoms with Crippen LogP contribution in [-0.2, 0) is 6.54 Å². The Bertz CT molecular complexity index is 452. The van der Waals surface area contributed by atoms with Crippen LogP contribution < -0.4 is 5.73 Å². The zero-order valence-corrected chi connectivity index (χ0v) is 8.64. The van der Waals surface area contributed by atoms with Gasteiger partial charge in [0.25, 0.3) is 0 Å². The van der Waals surface area contributed by atoms with E-state index in [1.54, 1.807) is 0 Å². The molecule has 0 bridgehead atoms. The maximum absolute atomic E-state index is 5.63. The lowest BCUT2D eigenvalue weighted by atomic mass is 10.1. The van der Waals surface area contributed by atoms with Crippen molar-refractivity contribution in [2.24, 2.45) is 5.73 Å². The molecule has 1 heterocycles. The number of rotatable bonds is 2. The molecule has 3 heteroatoms. The van der Waals surface area contributed by atoms with E-state index in [1.807, 2.05) is 43.3 Å². The van der Waals surface area contributed by atoms with Crippen LogP contribution in [-0.4, -0.2) is 10.2 Å². The summed E-state index contributed by atoms with van der Waals surface area (Å²) in [7, 11) is 0. The quantitative estimate of drug-likeness (QED) is 0.803. The zero-order chi connectivity index (χ0) is 10.7. The topological polar surface area (TPSA) is 51.8 Å². The second-order valence-electron chi connectivity index (χ2n) is 3.41. The number of aromatic nitrogens is 2.